The number of carbonyl (C=O) groups is 2. The number of thiocarbonyl (C=S) groups is 1. The quantitative estimate of drug-likeness (QED) is 0.301. The molecular formula is C17H18Br2N2O3S2. The van der Waals surface area contributed by atoms with Gasteiger partial charge < -0.3 is 10.0 Å². The van der Waals surface area contributed by atoms with Gasteiger partial charge in [0.05, 0.1) is 11.3 Å². The molecule has 1 saturated heterocycles. The Kier molecular flexibility index (Phi) is 8.59. The Morgan fingerprint density at radius 1 is 1.23 bits per heavy atom. The van der Waals surface area contributed by atoms with Crippen LogP contribution in [0.1, 0.15) is 12.0 Å². The van der Waals surface area contributed by atoms with E-state index in [4.69, 9.17) is 17.3 Å². The molecular weight excluding hydrogens is 504 g/mol. The lowest BCUT2D eigenvalue weighted by molar-refractivity contribution is -0.137. The van der Waals surface area contributed by atoms with E-state index in [9.17, 15) is 9.59 Å². The van der Waals surface area contributed by atoms with E-state index in [1.54, 1.807) is 6.08 Å². The first-order valence-electron chi connectivity index (χ1n) is 7.90. The molecule has 2 rings (SSSR count). The highest BCUT2D eigenvalue weighted by Gasteiger charge is 2.31. The highest BCUT2D eigenvalue weighted by molar-refractivity contribution is 9.09. The fourth-order valence-electron chi connectivity index (χ4n) is 2.41. The molecule has 0 atom stereocenters. The lowest BCUT2D eigenvalue weighted by Crippen LogP contribution is -2.30. The summed E-state index contributed by atoms with van der Waals surface area (Å²) in [7, 11) is 0. The molecule has 0 radical (unpaired) electrons. The zero-order chi connectivity index (χ0) is 19.1. The third-order valence-corrected chi connectivity index (χ3v) is 5.77. The number of benzene rings is 1. The highest BCUT2D eigenvalue weighted by Crippen LogP contribution is 2.32. The van der Waals surface area contributed by atoms with Crippen LogP contribution < -0.4 is 4.90 Å². The summed E-state index contributed by atoms with van der Waals surface area (Å²) in [6, 6.07) is 7.99. The molecule has 1 N–H and O–H groups in total. The maximum absolute atomic E-state index is 12.4. The van der Waals surface area contributed by atoms with Crippen LogP contribution in [-0.2, 0) is 9.59 Å². The average molecular weight is 522 g/mol. The summed E-state index contributed by atoms with van der Waals surface area (Å²) in [6.45, 7) is 1.92. The van der Waals surface area contributed by atoms with Crippen molar-refractivity contribution in [3.05, 3.63) is 34.7 Å². The number of hydrogen-bond acceptors (Lipinski definition) is 5. The number of hydrogen-bond donors (Lipinski definition) is 1. The lowest BCUT2D eigenvalue weighted by atomic mass is 10.1. The number of anilines is 1. The van der Waals surface area contributed by atoms with Crippen LogP contribution in [0, 0.1) is 0 Å². The zero-order valence-corrected chi connectivity index (χ0v) is 18.7. The first kappa shape index (κ1) is 21.4. The number of carbonyl (C=O) groups excluding carboxylic acids is 1. The van der Waals surface area contributed by atoms with Crippen LogP contribution in [0.15, 0.2) is 29.2 Å². The minimum absolute atomic E-state index is 0.102. The van der Waals surface area contributed by atoms with Crippen molar-refractivity contribution in [3.63, 3.8) is 0 Å². The number of thioether (sulfide) groups is 1. The molecule has 0 aliphatic carbocycles. The van der Waals surface area contributed by atoms with Crippen LogP contribution in [0.3, 0.4) is 0 Å². The molecule has 1 heterocycles. The van der Waals surface area contributed by atoms with Gasteiger partial charge in [0.25, 0.3) is 5.91 Å². The molecule has 5 nitrogen and oxygen atoms in total. The summed E-state index contributed by atoms with van der Waals surface area (Å²) >= 11 is 13.3. The molecule has 1 amide bonds. The molecule has 0 spiro atoms. The molecule has 1 fully saturated rings. The maximum atomic E-state index is 12.4. The fourth-order valence-corrected chi connectivity index (χ4v) is 4.57. The van der Waals surface area contributed by atoms with Crippen molar-refractivity contribution in [2.75, 3.05) is 35.2 Å². The molecule has 0 unspecified atom stereocenters. The molecule has 1 aromatic carbocycles. The van der Waals surface area contributed by atoms with E-state index in [-0.39, 0.29) is 18.9 Å². The van der Waals surface area contributed by atoms with E-state index in [0.717, 1.165) is 35.0 Å². The van der Waals surface area contributed by atoms with Gasteiger partial charge in [0.15, 0.2) is 0 Å². The number of carboxylic acid groups (broad SMARTS) is 1. The van der Waals surface area contributed by atoms with Gasteiger partial charge in [-0.3, -0.25) is 14.5 Å². The van der Waals surface area contributed by atoms with E-state index in [1.807, 2.05) is 24.3 Å². The van der Waals surface area contributed by atoms with Crippen molar-refractivity contribution in [3.8, 4) is 0 Å². The molecule has 1 aliphatic rings. The Morgan fingerprint density at radius 3 is 2.38 bits per heavy atom. The first-order valence-corrected chi connectivity index (χ1v) is 11.4. The molecule has 0 bridgehead atoms. The number of aliphatic carboxylic acids is 1. The van der Waals surface area contributed by atoms with Gasteiger partial charge in [0.2, 0.25) is 0 Å². The van der Waals surface area contributed by atoms with Crippen molar-refractivity contribution in [2.24, 2.45) is 0 Å². The Balaban J connectivity index is 2.10. The van der Waals surface area contributed by atoms with Crippen molar-refractivity contribution in [1.29, 1.82) is 0 Å². The normalized spacial score (nSPS) is 15.8. The van der Waals surface area contributed by atoms with Gasteiger partial charge in [-0.1, -0.05) is 68.0 Å². The number of alkyl halides is 2. The van der Waals surface area contributed by atoms with E-state index >= 15 is 0 Å². The smallest absolute Gasteiger partial charge is 0.305 e. The van der Waals surface area contributed by atoms with Gasteiger partial charge in [0, 0.05) is 36.0 Å². The number of halogens is 2. The van der Waals surface area contributed by atoms with Crippen LogP contribution in [0.2, 0.25) is 0 Å². The Hall–Kier alpha value is -0.900. The van der Waals surface area contributed by atoms with E-state index in [2.05, 4.69) is 36.8 Å². The Morgan fingerprint density at radius 2 is 1.85 bits per heavy atom. The lowest BCUT2D eigenvalue weighted by Gasteiger charge is -2.23. The molecule has 1 aromatic rings. The van der Waals surface area contributed by atoms with Gasteiger partial charge in [-0.15, -0.1) is 0 Å². The minimum Gasteiger partial charge on any atom is -0.481 e. The van der Waals surface area contributed by atoms with Crippen LogP contribution in [-0.4, -0.2) is 56.5 Å². The second-order valence-electron chi connectivity index (χ2n) is 5.43. The van der Waals surface area contributed by atoms with Crippen LogP contribution >= 0.6 is 55.8 Å². The van der Waals surface area contributed by atoms with Gasteiger partial charge in [0.1, 0.15) is 4.32 Å². The molecule has 9 heteroatoms. The largest absolute Gasteiger partial charge is 0.481 e. The minimum atomic E-state index is -0.949. The summed E-state index contributed by atoms with van der Waals surface area (Å²) in [5.74, 6) is -1.18. The number of rotatable bonds is 9. The monoisotopic (exact) mass is 520 g/mol. The molecule has 140 valence electrons. The number of amides is 1. The first-order chi connectivity index (χ1) is 12.5. The van der Waals surface area contributed by atoms with Crippen molar-refractivity contribution >= 4 is 83.8 Å². The Bertz CT molecular complexity index is 704. The average Bonchev–Trinajstić information content (AvgIpc) is 2.87. The summed E-state index contributed by atoms with van der Waals surface area (Å²) in [5, 5.41) is 10.6. The predicted octanol–water partition coefficient (Wildman–Crippen LogP) is 3.96. The summed E-state index contributed by atoms with van der Waals surface area (Å²) in [4.78, 5) is 27.3. The van der Waals surface area contributed by atoms with Crippen LogP contribution in [0.4, 0.5) is 5.69 Å². The number of nitrogens with zero attached hydrogens (tertiary/aromatic N) is 2. The number of carboxylic acids is 1. The van der Waals surface area contributed by atoms with Gasteiger partial charge in [-0.05, 0) is 23.8 Å². The molecule has 26 heavy (non-hydrogen) atoms. The highest BCUT2D eigenvalue weighted by atomic mass is 79.9. The summed E-state index contributed by atoms with van der Waals surface area (Å²) in [5.41, 5.74) is 2.03. The molecule has 0 saturated carbocycles. The van der Waals surface area contributed by atoms with Crippen LogP contribution in [0.25, 0.3) is 6.08 Å². The molecule has 1 aliphatic heterocycles. The SMILES string of the molecule is O=C(O)CCN1C(=O)/C(=C\c2ccc(N(CCBr)CCBr)cc2)SC1=S. The van der Waals surface area contributed by atoms with Crippen molar-refractivity contribution in [2.45, 2.75) is 6.42 Å². The fraction of sp³-hybridized carbons (Fsp3) is 0.353. The predicted molar refractivity (Wildman–Crippen MR) is 118 cm³/mol. The maximum Gasteiger partial charge on any atom is 0.305 e. The van der Waals surface area contributed by atoms with E-state index < -0.39 is 5.97 Å². The van der Waals surface area contributed by atoms with Gasteiger partial charge in [-0.25, -0.2) is 0 Å². The van der Waals surface area contributed by atoms with Crippen LogP contribution in [0.5, 0.6) is 0 Å². The third kappa shape index (κ3) is 5.80. The standard InChI is InChI=1S/C17H18Br2N2O3S2/c18-6-9-20(10-7-19)13-3-1-12(2-4-13)11-14-16(24)21(17(25)26-14)8-5-15(22)23/h1-4,11H,5-10H2,(H,22,23)/b14-11+. The summed E-state index contributed by atoms with van der Waals surface area (Å²) < 4.78 is 0.403. The zero-order valence-electron chi connectivity index (χ0n) is 13.9. The van der Waals surface area contributed by atoms with Gasteiger partial charge >= 0.3 is 5.97 Å². The second kappa shape index (κ2) is 10.4. The summed E-state index contributed by atoms with van der Waals surface area (Å²) in [6.07, 6.45) is 1.68. The van der Waals surface area contributed by atoms with Gasteiger partial charge in [-0.2, -0.15) is 0 Å². The third-order valence-electron chi connectivity index (χ3n) is 3.69. The topological polar surface area (TPSA) is 60.9 Å². The van der Waals surface area contributed by atoms with E-state index in [0.29, 0.717) is 9.23 Å². The second-order valence-corrected chi connectivity index (χ2v) is 8.70. The molecule has 0 aromatic heterocycles. The van der Waals surface area contributed by atoms with Crippen molar-refractivity contribution < 1.29 is 14.7 Å². The van der Waals surface area contributed by atoms with E-state index in [1.165, 1.54) is 16.7 Å². The van der Waals surface area contributed by atoms with Crippen molar-refractivity contribution in [1.82, 2.24) is 4.90 Å². The Labute approximate surface area is 179 Å².